The van der Waals surface area contributed by atoms with Gasteiger partial charge in [0.1, 0.15) is 0 Å². The van der Waals surface area contributed by atoms with Crippen molar-refractivity contribution in [1.29, 1.82) is 0 Å². The predicted octanol–water partition coefficient (Wildman–Crippen LogP) is 5.13. The SMILES string of the molecule is C1CCOC1.[Ag+].[Ag+].[Br-].[Br-].c1ccc(P(c2ccccc2)c2ccccc2)cc1.c1ccc(P(c2ccccc2)c2ccccc2)cc1.c1ccc(P(c2ccccc2)c2ccccc2)cc1. The molecule has 0 amide bonds. The second-order valence-corrected chi connectivity index (χ2v) is 21.0. The van der Waals surface area contributed by atoms with E-state index in [0.29, 0.717) is 0 Å². The van der Waals surface area contributed by atoms with Gasteiger partial charge >= 0.3 is 44.8 Å². The zero-order valence-electron chi connectivity index (χ0n) is 36.4. The van der Waals surface area contributed by atoms with E-state index in [4.69, 9.17) is 4.74 Å². The van der Waals surface area contributed by atoms with Gasteiger partial charge in [-0.1, -0.05) is 273 Å². The minimum absolute atomic E-state index is 0. The molecule has 0 spiro atoms. The zero-order valence-corrected chi connectivity index (χ0v) is 45.2. The molecular weight excluding hydrogens is 1180 g/mol. The smallest absolute Gasteiger partial charge is 1.00 e. The van der Waals surface area contributed by atoms with E-state index >= 15 is 0 Å². The van der Waals surface area contributed by atoms with Crippen LogP contribution in [0.25, 0.3) is 0 Å². The van der Waals surface area contributed by atoms with Crippen LogP contribution < -0.4 is 81.7 Å². The van der Waals surface area contributed by atoms with Crippen LogP contribution in [0.4, 0.5) is 0 Å². The van der Waals surface area contributed by atoms with Crippen molar-refractivity contribution in [3.05, 3.63) is 273 Å². The summed E-state index contributed by atoms with van der Waals surface area (Å²) in [6.45, 7) is 2.00. The van der Waals surface area contributed by atoms with Gasteiger partial charge < -0.3 is 38.7 Å². The Morgan fingerprint density at radius 3 is 0.424 bits per heavy atom. The molecule has 1 aliphatic rings. The summed E-state index contributed by atoms with van der Waals surface area (Å²) in [6, 6.07) is 97.0. The van der Waals surface area contributed by atoms with Crippen LogP contribution in [0.15, 0.2) is 273 Å². The van der Waals surface area contributed by atoms with Gasteiger partial charge in [0.15, 0.2) is 0 Å². The summed E-state index contributed by atoms with van der Waals surface area (Å²) in [6.07, 6.45) is 2.56. The maximum absolute atomic E-state index is 4.94. The molecule has 66 heavy (non-hydrogen) atoms. The van der Waals surface area contributed by atoms with Gasteiger partial charge in [-0.15, -0.1) is 0 Å². The summed E-state index contributed by atoms with van der Waals surface area (Å²) < 4.78 is 4.94. The van der Waals surface area contributed by atoms with Crippen LogP contribution in [0.3, 0.4) is 0 Å². The molecule has 1 nitrogen and oxygen atoms in total. The van der Waals surface area contributed by atoms with Gasteiger partial charge in [0, 0.05) is 13.2 Å². The molecule has 342 valence electrons. The molecule has 0 N–H and O–H groups in total. The maximum atomic E-state index is 4.94. The monoisotopic (exact) mass is 1230 g/mol. The van der Waals surface area contributed by atoms with E-state index < -0.39 is 23.8 Å². The van der Waals surface area contributed by atoms with E-state index in [0.717, 1.165) is 13.2 Å². The summed E-state index contributed by atoms with van der Waals surface area (Å²) >= 11 is 0. The fourth-order valence-corrected chi connectivity index (χ4v) is 14.0. The van der Waals surface area contributed by atoms with Crippen LogP contribution in [0.1, 0.15) is 12.8 Å². The Balaban J connectivity index is 0.000000242. The summed E-state index contributed by atoms with van der Waals surface area (Å²) in [5, 5.41) is 12.6. The van der Waals surface area contributed by atoms with E-state index in [1.807, 2.05) is 0 Å². The molecule has 9 aromatic carbocycles. The third kappa shape index (κ3) is 18.0. The second-order valence-electron chi connectivity index (χ2n) is 14.3. The predicted molar refractivity (Wildman–Crippen MR) is 275 cm³/mol. The molecular formula is C58H53Ag2Br2OP3. The Kier molecular flexibility index (Phi) is 28.7. The van der Waals surface area contributed by atoms with Gasteiger partial charge in [-0.25, -0.2) is 0 Å². The van der Waals surface area contributed by atoms with E-state index in [-0.39, 0.29) is 78.7 Å². The Morgan fingerprint density at radius 2 is 0.333 bits per heavy atom. The molecule has 10 rings (SSSR count). The topological polar surface area (TPSA) is 9.23 Å². The Hall–Kier alpha value is -3.33. The first kappa shape index (κ1) is 57.0. The first-order valence-electron chi connectivity index (χ1n) is 21.3. The minimum Gasteiger partial charge on any atom is -1.00 e. The van der Waals surface area contributed by atoms with Crippen LogP contribution in [0, 0.1) is 0 Å². The molecule has 1 heterocycles. The summed E-state index contributed by atoms with van der Waals surface area (Å²) in [4.78, 5) is 0. The van der Waals surface area contributed by atoms with Crippen molar-refractivity contribution in [3.63, 3.8) is 0 Å². The van der Waals surface area contributed by atoms with Crippen molar-refractivity contribution < 1.29 is 83.5 Å². The van der Waals surface area contributed by atoms with Crippen molar-refractivity contribution in [2.75, 3.05) is 13.2 Å². The molecule has 0 aliphatic carbocycles. The number of halogens is 2. The average Bonchev–Trinajstić information content (AvgIpc) is 3.97. The van der Waals surface area contributed by atoms with Crippen LogP contribution >= 0.6 is 23.8 Å². The van der Waals surface area contributed by atoms with Crippen molar-refractivity contribution in [2.24, 2.45) is 0 Å². The molecule has 0 radical (unpaired) electrons. The van der Waals surface area contributed by atoms with Gasteiger partial charge in [0.2, 0.25) is 0 Å². The molecule has 9 aromatic rings. The third-order valence-corrected chi connectivity index (χ3v) is 17.3. The number of ether oxygens (including phenoxy) is 1. The molecule has 0 saturated carbocycles. The first-order valence-corrected chi connectivity index (χ1v) is 25.3. The van der Waals surface area contributed by atoms with E-state index in [1.54, 1.807) is 0 Å². The summed E-state index contributed by atoms with van der Waals surface area (Å²) in [5.74, 6) is 0. The maximum Gasteiger partial charge on any atom is 1.00 e. The van der Waals surface area contributed by atoms with Gasteiger partial charge in [-0.3, -0.25) is 0 Å². The number of rotatable bonds is 9. The first-order chi connectivity index (χ1) is 30.8. The van der Waals surface area contributed by atoms with E-state index in [1.165, 1.54) is 60.6 Å². The fourth-order valence-electron chi connectivity index (χ4n) is 7.05. The summed E-state index contributed by atoms with van der Waals surface area (Å²) in [7, 11) is -1.34. The zero-order chi connectivity index (χ0) is 42.3. The van der Waals surface area contributed by atoms with Crippen LogP contribution in [0.2, 0.25) is 0 Å². The standard InChI is InChI=1S/3C18H15P.C4H8O.2Ag.2BrH/c3*1-4-10-16(11-5-1)19(17-12-6-2-7-13-17)18-14-8-3-9-15-18;1-2-4-5-3-1;;;;/h3*1-15H;1-4H2;;;2*1H/q;;;;2*+1;;/p-2. The van der Waals surface area contributed by atoms with E-state index in [9.17, 15) is 0 Å². The van der Waals surface area contributed by atoms with Crippen LogP contribution in [0.5, 0.6) is 0 Å². The molecule has 1 saturated heterocycles. The molecule has 0 aromatic heterocycles. The Bertz CT molecular complexity index is 1960. The van der Waals surface area contributed by atoms with Crippen molar-refractivity contribution in [2.45, 2.75) is 12.8 Å². The average molecular weight is 1230 g/mol. The molecule has 1 aliphatic heterocycles. The third-order valence-electron chi connectivity index (χ3n) is 9.96. The van der Waals surface area contributed by atoms with Crippen molar-refractivity contribution >= 4 is 71.5 Å². The molecule has 8 heteroatoms. The van der Waals surface area contributed by atoms with Crippen LogP contribution in [-0.2, 0) is 49.5 Å². The van der Waals surface area contributed by atoms with Crippen molar-refractivity contribution in [3.8, 4) is 0 Å². The number of benzene rings is 9. The Morgan fingerprint density at radius 1 is 0.212 bits per heavy atom. The van der Waals surface area contributed by atoms with Crippen LogP contribution in [-0.4, -0.2) is 13.2 Å². The molecule has 1 fully saturated rings. The molecule has 0 unspecified atom stereocenters. The van der Waals surface area contributed by atoms with Gasteiger partial charge in [-0.2, -0.15) is 0 Å². The van der Waals surface area contributed by atoms with E-state index in [2.05, 4.69) is 273 Å². The van der Waals surface area contributed by atoms with Gasteiger partial charge in [0.25, 0.3) is 0 Å². The summed E-state index contributed by atoms with van der Waals surface area (Å²) in [5.41, 5.74) is 0. The second kappa shape index (κ2) is 33.2. The largest absolute Gasteiger partial charge is 1.00 e. The minimum atomic E-state index is -0.446. The number of hydrogen-bond donors (Lipinski definition) is 0. The molecule has 0 atom stereocenters. The van der Waals surface area contributed by atoms with Gasteiger partial charge in [0.05, 0.1) is 0 Å². The van der Waals surface area contributed by atoms with Gasteiger partial charge in [-0.05, 0) is 84.3 Å². The Labute approximate surface area is 449 Å². The number of hydrogen-bond acceptors (Lipinski definition) is 1. The normalized spacial score (nSPS) is 11.0. The fraction of sp³-hybridized carbons (Fsp3) is 0.0690. The van der Waals surface area contributed by atoms with Crippen molar-refractivity contribution in [1.82, 2.24) is 0 Å². The quantitative estimate of drug-likeness (QED) is 0.144. The molecule has 0 bridgehead atoms.